The number of hydrogen-bond acceptors (Lipinski definition) is 16. The minimum Gasteiger partial charge on any atom is -0.449 e. The number of carbonyl (C=O) groups is 1. The van der Waals surface area contributed by atoms with E-state index in [1.165, 1.54) is 61.8 Å². The maximum absolute atomic E-state index is 11.4. The molecule has 0 saturated carbocycles. The smallest absolute Gasteiger partial charge is 0.427 e. The lowest BCUT2D eigenvalue weighted by Crippen LogP contribution is -2.24. The van der Waals surface area contributed by atoms with Gasteiger partial charge in [0.1, 0.15) is 0 Å². The summed E-state index contributed by atoms with van der Waals surface area (Å²) in [6, 6.07) is 61.6. The maximum Gasteiger partial charge on any atom is 0.427 e. The van der Waals surface area contributed by atoms with Gasteiger partial charge in [0.05, 0.1) is 71.0 Å². The number of nitrogens with two attached hydrogens (primary N) is 3. The Balaban J connectivity index is 0.000000133. The van der Waals surface area contributed by atoms with Crippen LogP contribution in [0.4, 0.5) is 38.9 Å². The molecule has 13 aromatic rings. The standard InChI is InChI=1S/C23H21N5O2S.C21H15N5OS.C20H17N5S/c1-2-30-23(29)28-27-22(24)20-12-18-19(13-25-14-21(18)31-20)26-17-10-8-16(9-11-17)15-6-4-3-5-7-15;27-21-24-20(25-26-21)18-10-16-17(11-22-12-19(16)28-18)23-15-8-6-14(7-9-15)13-4-2-1-3-5-13;21-20(25-22)18-10-16-17(11-23-12-19(16)26-18)24-15-8-6-14(7-9-15)13-4-2-1-3-5-13/h3-14,26H,2H2,1H3,(H2,24,27)(H,28,29);1-12,23H,(H2,24,25,26,27);1-12,24H,22H2,(H2,21,25). The van der Waals surface area contributed by atoms with Crippen LogP contribution in [0.5, 0.6) is 0 Å². The molecule has 0 unspecified atom stereocenters. The van der Waals surface area contributed by atoms with Crippen LogP contribution in [-0.2, 0) is 4.74 Å². The van der Waals surface area contributed by atoms with Crippen molar-refractivity contribution in [2.45, 2.75) is 6.92 Å². The third kappa shape index (κ3) is 13.7. The highest BCUT2D eigenvalue weighted by Crippen LogP contribution is 2.37. The zero-order valence-electron chi connectivity index (χ0n) is 45.4. The second-order valence-electron chi connectivity index (χ2n) is 18.7. The predicted octanol–water partition coefficient (Wildman–Crippen LogP) is 14.1. The number of amidine groups is 2. The highest BCUT2D eigenvalue weighted by atomic mass is 32.1. The third-order valence-electron chi connectivity index (χ3n) is 13.1. The van der Waals surface area contributed by atoms with Crippen LogP contribution in [-0.4, -0.2) is 54.5 Å². The Morgan fingerprint density at radius 1 is 0.518 bits per heavy atom. The van der Waals surface area contributed by atoms with Crippen molar-refractivity contribution in [1.82, 2.24) is 35.6 Å². The number of amides is 1. The molecule has 0 aliphatic heterocycles. The van der Waals surface area contributed by atoms with Crippen LogP contribution >= 0.6 is 34.0 Å². The molecule has 420 valence electrons. The number of benzene rings is 6. The number of H-pyrrole nitrogens is 2. The number of anilines is 6. The minimum atomic E-state index is -0.644. The topological polar surface area (TPSA) is 277 Å². The quantitative estimate of drug-likeness (QED) is 0.0212. The molecule has 7 heterocycles. The van der Waals surface area contributed by atoms with Crippen molar-refractivity contribution in [1.29, 1.82) is 0 Å². The summed E-state index contributed by atoms with van der Waals surface area (Å²) in [5, 5.41) is 27.2. The number of nitrogens with zero attached hydrogens (tertiary/aromatic N) is 6. The fourth-order valence-corrected chi connectivity index (χ4v) is 11.8. The molecule has 0 aliphatic carbocycles. The van der Waals surface area contributed by atoms with Crippen molar-refractivity contribution in [2.24, 2.45) is 27.5 Å². The molecule has 85 heavy (non-hydrogen) atoms. The molecule has 13 rings (SSSR count). The Kier molecular flexibility index (Phi) is 17.3. The van der Waals surface area contributed by atoms with E-state index in [-0.39, 0.29) is 18.1 Å². The van der Waals surface area contributed by atoms with E-state index in [0.29, 0.717) is 11.7 Å². The van der Waals surface area contributed by atoms with Crippen molar-refractivity contribution >= 4 is 116 Å². The summed E-state index contributed by atoms with van der Waals surface area (Å²) in [7, 11) is 0. The molecule has 0 aliphatic rings. The van der Waals surface area contributed by atoms with Crippen LogP contribution in [0.25, 0.3) is 74.3 Å². The lowest BCUT2D eigenvalue weighted by molar-refractivity contribution is 0.152. The van der Waals surface area contributed by atoms with Gasteiger partial charge in [0.2, 0.25) is 0 Å². The second kappa shape index (κ2) is 26.3. The maximum atomic E-state index is 11.4. The zero-order valence-corrected chi connectivity index (χ0v) is 47.8. The molecule has 21 heteroatoms. The number of pyridine rings is 3. The number of carbonyl (C=O) groups excluding carboxylic acids is 1. The van der Waals surface area contributed by atoms with Gasteiger partial charge in [0.15, 0.2) is 17.5 Å². The zero-order chi connectivity index (χ0) is 58.5. The number of rotatable bonds is 14. The number of nitrogens with one attached hydrogen (secondary N) is 6. The first kappa shape index (κ1) is 55.9. The molecule has 12 N–H and O–H groups in total. The summed E-state index contributed by atoms with van der Waals surface area (Å²) in [5.41, 5.74) is 26.5. The minimum absolute atomic E-state index is 0.201. The van der Waals surface area contributed by atoms with Crippen molar-refractivity contribution < 1.29 is 9.53 Å². The molecule has 6 aromatic carbocycles. The molecule has 1 amide bonds. The van der Waals surface area contributed by atoms with Gasteiger partial charge in [-0.3, -0.25) is 19.9 Å². The van der Waals surface area contributed by atoms with Gasteiger partial charge in [0, 0.05) is 51.8 Å². The van der Waals surface area contributed by atoms with Crippen molar-refractivity contribution in [3.63, 3.8) is 0 Å². The fraction of sp³-hybridized carbons (Fsp3) is 0.0312. The number of fused-ring (bicyclic) bond motifs is 3. The number of ether oxygens (including phenoxy) is 1. The lowest BCUT2D eigenvalue weighted by Gasteiger charge is -2.08. The molecule has 18 nitrogen and oxygen atoms in total. The van der Waals surface area contributed by atoms with E-state index in [1.54, 1.807) is 31.7 Å². The van der Waals surface area contributed by atoms with E-state index in [0.717, 1.165) is 84.6 Å². The summed E-state index contributed by atoms with van der Waals surface area (Å²) in [5.74, 6) is 6.34. The molecular formula is C64H53N15O3S3. The van der Waals surface area contributed by atoms with Gasteiger partial charge in [-0.2, -0.15) is 15.3 Å². The predicted molar refractivity (Wildman–Crippen MR) is 348 cm³/mol. The van der Waals surface area contributed by atoms with Gasteiger partial charge in [-0.15, -0.1) is 34.0 Å². The van der Waals surface area contributed by atoms with Crippen LogP contribution < -0.4 is 44.4 Å². The van der Waals surface area contributed by atoms with Crippen molar-refractivity contribution in [3.8, 4) is 44.1 Å². The second-order valence-corrected chi connectivity index (χ2v) is 22.0. The van der Waals surface area contributed by atoms with Crippen molar-refractivity contribution in [2.75, 3.05) is 22.6 Å². The van der Waals surface area contributed by atoms with Gasteiger partial charge in [-0.05, 0) is 94.9 Å². The molecular weight excluding hydrogens is 1120 g/mol. The highest BCUT2D eigenvalue weighted by Gasteiger charge is 2.15. The molecule has 0 fully saturated rings. The summed E-state index contributed by atoms with van der Waals surface area (Å²) < 4.78 is 7.78. The van der Waals surface area contributed by atoms with E-state index in [1.807, 2.05) is 97.3 Å². The van der Waals surface area contributed by atoms with E-state index >= 15 is 0 Å². The average Bonchev–Trinajstić information content (AvgIpc) is 3.82. The Hall–Kier alpha value is -11.0. The normalized spacial score (nSPS) is 11.3. The Labute approximate surface area is 498 Å². The van der Waals surface area contributed by atoms with E-state index in [4.69, 9.17) is 22.0 Å². The Bertz CT molecular complexity index is 4510. The highest BCUT2D eigenvalue weighted by molar-refractivity contribution is 7.22. The average molecular weight is 1180 g/mol. The van der Waals surface area contributed by atoms with Crippen LogP contribution in [0, 0.1) is 0 Å². The SMILES string of the molecule is CCOC(=O)N/N=C(\N)c1cc2c(Nc3ccc(-c4ccccc4)cc3)cncc2s1.N/N=C(\N)c1cc2c(Nc3ccc(-c4ccccc4)cc3)cncc2s1.O=c1[nH]nc(-c2cc3c(Nc4ccc(-c5ccccc5)cc4)cncc3s2)[nH]1. The Morgan fingerprint density at radius 2 is 0.906 bits per heavy atom. The molecule has 0 spiro atoms. The van der Waals surface area contributed by atoms with Crippen LogP contribution in [0.1, 0.15) is 16.7 Å². The molecule has 0 saturated heterocycles. The molecule has 0 atom stereocenters. The molecule has 0 bridgehead atoms. The fourth-order valence-electron chi connectivity index (χ4n) is 8.92. The first-order valence-corrected chi connectivity index (χ1v) is 28.9. The van der Waals surface area contributed by atoms with Gasteiger partial charge >= 0.3 is 11.8 Å². The first-order chi connectivity index (χ1) is 41.6. The summed E-state index contributed by atoms with van der Waals surface area (Å²) >= 11 is 4.49. The monoisotopic (exact) mass is 1180 g/mol. The number of aromatic nitrogens is 6. The Morgan fingerprint density at radius 3 is 1.29 bits per heavy atom. The van der Waals surface area contributed by atoms with Gasteiger partial charge in [-0.25, -0.2) is 20.1 Å². The van der Waals surface area contributed by atoms with E-state index in [9.17, 15) is 9.59 Å². The van der Waals surface area contributed by atoms with E-state index in [2.05, 4.69) is 159 Å². The van der Waals surface area contributed by atoms with Gasteiger partial charge in [0.25, 0.3) is 0 Å². The van der Waals surface area contributed by atoms with Crippen LogP contribution in [0.3, 0.4) is 0 Å². The number of thiophene rings is 3. The van der Waals surface area contributed by atoms with Crippen LogP contribution in [0.2, 0.25) is 0 Å². The summed E-state index contributed by atoms with van der Waals surface area (Å²) in [4.78, 5) is 40.8. The summed E-state index contributed by atoms with van der Waals surface area (Å²) in [6.07, 6.45) is 10.1. The largest absolute Gasteiger partial charge is 0.449 e. The lowest BCUT2D eigenvalue weighted by atomic mass is 10.1. The summed E-state index contributed by atoms with van der Waals surface area (Å²) in [6.45, 7) is 1.98. The molecule has 0 radical (unpaired) electrons. The molecule has 7 aromatic heterocycles. The van der Waals surface area contributed by atoms with Crippen molar-refractivity contribution in [3.05, 3.63) is 239 Å². The number of hydrogen-bond donors (Lipinski definition) is 9. The number of hydrazone groups is 2. The third-order valence-corrected chi connectivity index (χ3v) is 16.3. The first-order valence-electron chi connectivity index (χ1n) is 26.5. The number of aromatic amines is 2. The van der Waals surface area contributed by atoms with E-state index < -0.39 is 6.09 Å². The van der Waals surface area contributed by atoms with Gasteiger partial charge < -0.3 is 38.0 Å². The van der Waals surface area contributed by atoms with Gasteiger partial charge in [-0.1, -0.05) is 127 Å². The van der Waals surface area contributed by atoms with Crippen LogP contribution in [0.15, 0.2) is 234 Å².